The van der Waals surface area contributed by atoms with Crippen LogP contribution >= 0.6 is 0 Å². The molecule has 1 N–H and O–H groups in total. The van der Waals surface area contributed by atoms with Crippen molar-refractivity contribution in [2.75, 3.05) is 20.1 Å². The van der Waals surface area contributed by atoms with Gasteiger partial charge in [-0.15, -0.1) is 0 Å². The lowest BCUT2D eigenvalue weighted by Gasteiger charge is -2.47. The van der Waals surface area contributed by atoms with Crippen LogP contribution in [0, 0.1) is 0 Å². The summed E-state index contributed by atoms with van der Waals surface area (Å²) in [6.45, 7) is 7.05. The molecule has 0 radical (unpaired) electrons. The van der Waals surface area contributed by atoms with E-state index < -0.39 is 11.5 Å². The van der Waals surface area contributed by atoms with Crippen LogP contribution in [-0.2, 0) is 4.79 Å². The van der Waals surface area contributed by atoms with Gasteiger partial charge in [0.05, 0.1) is 11.6 Å². The van der Waals surface area contributed by atoms with Crippen LogP contribution in [0.1, 0.15) is 43.1 Å². The number of likely N-dealkylation sites (N-methyl/N-ethyl adjacent to an activating group) is 1. The molecule has 1 aliphatic heterocycles. The van der Waals surface area contributed by atoms with Gasteiger partial charge in [0, 0.05) is 20.1 Å². The monoisotopic (exact) mass is 280 g/mol. The molecular weight excluding hydrogens is 260 g/mol. The van der Waals surface area contributed by atoms with Crippen molar-refractivity contribution < 1.29 is 19.1 Å². The summed E-state index contributed by atoms with van der Waals surface area (Å²) >= 11 is 0. The van der Waals surface area contributed by atoms with E-state index in [1.165, 1.54) is 6.07 Å². The number of rotatable bonds is 3. The molecule has 1 saturated heterocycles. The second kappa shape index (κ2) is 4.94. The van der Waals surface area contributed by atoms with Crippen molar-refractivity contribution >= 4 is 11.9 Å². The molecule has 1 aliphatic rings. The molecule has 2 heterocycles. The SMILES string of the molecule is CC(c1ccc(C(=O)O)o1)N1CCN(C)C(=O)C1(C)C. The van der Waals surface area contributed by atoms with Crippen LogP contribution in [0.2, 0.25) is 0 Å². The standard InChI is InChI=1S/C14H20N2O4/c1-9(10-5-6-11(20-10)12(17)18)16-8-7-15(4)13(19)14(16,2)3/h5-6,9H,7-8H2,1-4H3,(H,17,18). The Morgan fingerprint density at radius 3 is 2.60 bits per heavy atom. The number of furan rings is 1. The van der Waals surface area contributed by atoms with Gasteiger partial charge in [0.25, 0.3) is 0 Å². The fraction of sp³-hybridized carbons (Fsp3) is 0.571. The molecule has 6 nitrogen and oxygen atoms in total. The molecule has 0 bridgehead atoms. The van der Waals surface area contributed by atoms with Crippen molar-refractivity contribution in [3.63, 3.8) is 0 Å². The lowest BCUT2D eigenvalue weighted by molar-refractivity contribution is -0.149. The minimum Gasteiger partial charge on any atom is -0.475 e. The van der Waals surface area contributed by atoms with Crippen LogP contribution in [0.15, 0.2) is 16.5 Å². The molecule has 20 heavy (non-hydrogen) atoms. The minimum absolute atomic E-state index is 0.0561. The molecule has 2 rings (SSSR count). The molecule has 1 unspecified atom stereocenters. The topological polar surface area (TPSA) is 74.0 Å². The lowest BCUT2D eigenvalue weighted by atomic mass is 9.95. The van der Waals surface area contributed by atoms with Crippen LogP contribution in [0.4, 0.5) is 0 Å². The molecule has 6 heteroatoms. The van der Waals surface area contributed by atoms with E-state index in [1.54, 1.807) is 18.0 Å². The van der Waals surface area contributed by atoms with Gasteiger partial charge in [-0.3, -0.25) is 9.69 Å². The second-order valence-electron chi connectivity index (χ2n) is 5.66. The first-order chi connectivity index (χ1) is 9.25. The predicted octanol–water partition coefficient (Wildman–Crippen LogP) is 1.59. The zero-order valence-electron chi connectivity index (χ0n) is 12.2. The van der Waals surface area contributed by atoms with Gasteiger partial charge in [-0.2, -0.15) is 0 Å². The zero-order valence-corrected chi connectivity index (χ0v) is 12.2. The molecule has 0 spiro atoms. The van der Waals surface area contributed by atoms with Gasteiger partial charge in [-0.25, -0.2) is 4.79 Å². The highest BCUT2D eigenvalue weighted by molar-refractivity contribution is 5.86. The van der Waals surface area contributed by atoms with Gasteiger partial charge >= 0.3 is 5.97 Å². The number of amides is 1. The summed E-state index contributed by atoms with van der Waals surface area (Å²) in [5, 5.41) is 8.90. The fourth-order valence-electron chi connectivity index (χ4n) is 2.75. The van der Waals surface area contributed by atoms with E-state index in [2.05, 4.69) is 0 Å². The average molecular weight is 280 g/mol. The van der Waals surface area contributed by atoms with Crippen LogP contribution in [0.25, 0.3) is 0 Å². The zero-order chi connectivity index (χ0) is 15.1. The van der Waals surface area contributed by atoms with Crippen LogP contribution in [0.5, 0.6) is 0 Å². The molecule has 1 aromatic rings. The van der Waals surface area contributed by atoms with Crippen molar-refractivity contribution in [3.05, 3.63) is 23.7 Å². The number of piperazine rings is 1. The van der Waals surface area contributed by atoms with E-state index in [0.29, 0.717) is 12.3 Å². The van der Waals surface area contributed by atoms with Gasteiger partial charge in [0.2, 0.25) is 11.7 Å². The largest absolute Gasteiger partial charge is 0.475 e. The molecule has 0 aromatic carbocycles. The maximum Gasteiger partial charge on any atom is 0.371 e. The molecule has 1 fully saturated rings. The third kappa shape index (κ3) is 2.31. The van der Waals surface area contributed by atoms with E-state index in [0.717, 1.165) is 6.54 Å². The Morgan fingerprint density at radius 2 is 2.05 bits per heavy atom. The minimum atomic E-state index is -1.09. The maximum atomic E-state index is 12.3. The number of nitrogens with zero attached hydrogens (tertiary/aromatic N) is 2. The summed E-state index contributed by atoms with van der Waals surface area (Å²) in [7, 11) is 1.79. The van der Waals surface area contributed by atoms with Gasteiger partial charge in [-0.05, 0) is 32.9 Å². The van der Waals surface area contributed by atoms with Crippen molar-refractivity contribution in [2.24, 2.45) is 0 Å². The number of aromatic carboxylic acids is 1. The molecular formula is C14H20N2O4. The smallest absolute Gasteiger partial charge is 0.371 e. The summed E-state index contributed by atoms with van der Waals surface area (Å²) in [6.07, 6.45) is 0. The highest BCUT2D eigenvalue weighted by Crippen LogP contribution is 2.32. The van der Waals surface area contributed by atoms with Gasteiger partial charge in [0.15, 0.2) is 0 Å². The first-order valence-corrected chi connectivity index (χ1v) is 6.60. The summed E-state index contributed by atoms with van der Waals surface area (Å²) < 4.78 is 5.35. The summed E-state index contributed by atoms with van der Waals surface area (Å²) in [4.78, 5) is 26.9. The van der Waals surface area contributed by atoms with E-state index in [9.17, 15) is 9.59 Å². The number of carboxylic acids is 1. The number of hydrogen-bond donors (Lipinski definition) is 1. The molecule has 110 valence electrons. The van der Waals surface area contributed by atoms with Crippen molar-refractivity contribution in [2.45, 2.75) is 32.4 Å². The van der Waals surface area contributed by atoms with Crippen LogP contribution < -0.4 is 0 Å². The van der Waals surface area contributed by atoms with E-state index in [-0.39, 0.29) is 17.7 Å². The molecule has 1 atom stereocenters. The van der Waals surface area contributed by atoms with Crippen LogP contribution in [0.3, 0.4) is 0 Å². The summed E-state index contributed by atoms with van der Waals surface area (Å²) in [5.41, 5.74) is -0.636. The molecule has 1 amide bonds. The Morgan fingerprint density at radius 1 is 1.40 bits per heavy atom. The maximum absolute atomic E-state index is 12.3. The van der Waals surface area contributed by atoms with E-state index >= 15 is 0 Å². The van der Waals surface area contributed by atoms with Gasteiger partial charge < -0.3 is 14.4 Å². The third-order valence-corrected chi connectivity index (χ3v) is 3.98. The quantitative estimate of drug-likeness (QED) is 0.910. The normalized spacial score (nSPS) is 21.0. The van der Waals surface area contributed by atoms with E-state index in [1.807, 2.05) is 25.7 Å². The summed E-state index contributed by atoms with van der Waals surface area (Å²) in [6, 6.07) is 2.95. The second-order valence-corrected chi connectivity index (χ2v) is 5.66. The Balaban J connectivity index is 2.25. The lowest BCUT2D eigenvalue weighted by Crippen LogP contribution is -2.62. The third-order valence-electron chi connectivity index (χ3n) is 3.98. The fourth-order valence-corrected chi connectivity index (χ4v) is 2.75. The first-order valence-electron chi connectivity index (χ1n) is 6.60. The van der Waals surface area contributed by atoms with Crippen molar-refractivity contribution in [1.29, 1.82) is 0 Å². The Labute approximate surface area is 118 Å². The van der Waals surface area contributed by atoms with E-state index in [4.69, 9.17) is 9.52 Å². The molecule has 0 aliphatic carbocycles. The van der Waals surface area contributed by atoms with Crippen LogP contribution in [-0.4, -0.2) is 52.5 Å². The molecule has 0 saturated carbocycles. The average Bonchev–Trinajstić information content (AvgIpc) is 2.85. The number of carbonyl (C=O) groups is 2. The van der Waals surface area contributed by atoms with Gasteiger partial charge in [-0.1, -0.05) is 0 Å². The summed E-state index contributed by atoms with van der Waals surface area (Å²) in [5.74, 6) is -0.546. The Hall–Kier alpha value is -1.82. The van der Waals surface area contributed by atoms with Crippen molar-refractivity contribution in [1.82, 2.24) is 9.80 Å². The Kier molecular flexibility index (Phi) is 3.60. The first kappa shape index (κ1) is 14.6. The number of carbonyl (C=O) groups excluding carboxylic acids is 1. The number of hydrogen-bond acceptors (Lipinski definition) is 4. The van der Waals surface area contributed by atoms with Gasteiger partial charge in [0.1, 0.15) is 5.76 Å². The Bertz CT molecular complexity index is 535. The molecule has 1 aromatic heterocycles. The number of carboxylic acid groups (broad SMARTS) is 1. The predicted molar refractivity (Wildman–Crippen MR) is 72.5 cm³/mol. The van der Waals surface area contributed by atoms with Crippen molar-refractivity contribution in [3.8, 4) is 0 Å². The highest BCUT2D eigenvalue weighted by Gasteiger charge is 2.43. The highest BCUT2D eigenvalue weighted by atomic mass is 16.4.